The summed E-state index contributed by atoms with van der Waals surface area (Å²) >= 11 is 0. The highest BCUT2D eigenvalue weighted by Gasteiger charge is 2.15. The molecule has 0 bridgehead atoms. The summed E-state index contributed by atoms with van der Waals surface area (Å²) in [6.07, 6.45) is 1.58. The Hall–Kier alpha value is -1.74. The van der Waals surface area contributed by atoms with E-state index in [1.165, 1.54) is 11.1 Å². The van der Waals surface area contributed by atoms with Gasteiger partial charge in [-0.1, -0.05) is 32.9 Å². The summed E-state index contributed by atoms with van der Waals surface area (Å²) in [4.78, 5) is 8.52. The SMILES string of the molecule is Cc1ccc(C(C)(C)C)cc1-c1cc(CN)ncn1. The van der Waals surface area contributed by atoms with Crippen LogP contribution >= 0.6 is 0 Å². The average Bonchev–Trinajstić information content (AvgIpc) is 2.38. The second-order valence-electron chi connectivity index (χ2n) is 5.88. The van der Waals surface area contributed by atoms with E-state index < -0.39 is 0 Å². The summed E-state index contributed by atoms with van der Waals surface area (Å²) in [5.41, 5.74) is 11.3. The molecule has 0 saturated carbocycles. The topological polar surface area (TPSA) is 51.8 Å². The Kier molecular flexibility index (Phi) is 3.67. The van der Waals surface area contributed by atoms with E-state index in [0.717, 1.165) is 17.0 Å². The lowest BCUT2D eigenvalue weighted by molar-refractivity contribution is 0.590. The molecule has 0 amide bonds. The van der Waals surface area contributed by atoms with Crippen LogP contribution in [-0.4, -0.2) is 9.97 Å². The Morgan fingerprint density at radius 3 is 2.47 bits per heavy atom. The molecule has 19 heavy (non-hydrogen) atoms. The Morgan fingerprint density at radius 2 is 1.84 bits per heavy atom. The van der Waals surface area contributed by atoms with Crippen LogP contribution in [0.1, 0.15) is 37.6 Å². The Morgan fingerprint density at radius 1 is 1.11 bits per heavy atom. The van der Waals surface area contributed by atoms with Gasteiger partial charge in [-0.15, -0.1) is 0 Å². The first-order chi connectivity index (χ1) is 8.91. The number of rotatable bonds is 2. The second kappa shape index (κ2) is 5.10. The molecule has 1 aromatic carbocycles. The molecule has 0 saturated heterocycles. The van der Waals surface area contributed by atoms with Gasteiger partial charge in [-0.2, -0.15) is 0 Å². The van der Waals surface area contributed by atoms with Gasteiger partial charge in [0.05, 0.1) is 11.4 Å². The first kappa shape index (κ1) is 13.7. The van der Waals surface area contributed by atoms with Gasteiger partial charge in [-0.05, 0) is 35.6 Å². The van der Waals surface area contributed by atoms with Crippen molar-refractivity contribution < 1.29 is 0 Å². The second-order valence-corrected chi connectivity index (χ2v) is 5.88. The maximum Gasteiger partial charge on any atom is 0.116 e. The molecule has 100 valence electrons. The maximum atomic E-state index is 5.64. The van der Waals surface area contributed by atoms with Crippen LogP contribution in [-0.2, 0) is 12.0 Å². The van der Waals surface area contributed by atoms with Crippen molar-refractivity contribution in [1.82, 2.24) is 9.97 Å². The summed E-state index contributed by atoms with van der Waals surface area (Å²) < 4.78 is 0. The van der Waals surface area contributed by atoms with Gasteiger partial charge < -0.3 is 5.73 Å². The molecule has 0 fully saturated rings. The summed E-state index contributed by atoms with van der Waals surface area (Å²) in [7, 11) is 0. The van der Waals surface area contributed by atoms with Crippen LogP contribution in [0.25, 0.3) is 11.3 Å². The average molecular weight is 255 g/mol. The number of hydrogen-bond donors (Lipinski definition) is 1. The minimum Gasteiger partial charge on any atom is -0.325 e. The molecule has 3 nitrogen and oxygen atoms in total. The molecule has 3 heteroatoms. The number of nitrogens with zero attached hydrogens (tertiary/aromatic N) is 2. The molecular formula is C16H21N3. The van der Waals surface area contributed by atoms with E-state index in [1.54, 1.807) is 6.33 Å². The van der Waals surface area contributed by atoms with Crippen molar-refractivity contribution >= 4 is 0 Å². The predicted octanol–water partition coefficient (Wildman–Crippen LogP) is 3.21. The zero-order valence-corrected chi connectivity index (χ0v) is 12.1. The van der Waals surface area contributed by atoms with Gasteiger partial charge in [0, 0.05) is 12.1 Å². The van der Waals surface area contributed by atoms with Gasteiger partial charge in [0.25, 0.3) is 0 Å². The van der Waals surface area contributed by atoms with Crippen molar-refractivity contribution in [3.8, 4) is 11.3 Å². The molecule has 1 heterocycles. The smallest absolute Gasteiger partial charge is 0.116 e. The summed E-state index contributed by atoms with van der Waals surface area (Å²) in [6.45, 7) is 9.19. The fraction of sp³-hybridized carbons (Fsp3) is 0.375. The van der Waals surface area contributed by atoms with Gasteiger partial charge in [-0.25, -0.2) is 9.97 Å². The van der Waals surface area contributed by atoms with Crippen LogP contribution in [0.15, 0.2) is 30.6 Å². The van der Waals surface area contributed by atoms with Crippen LogP contribution in [0.4, 0.5) is 0 Å². The van der Waals surface area contributed by atoms with E-state index in [4.69, 9.17) is 5.73 Å². The van der Waals surface area contributed by atoms with Crippen LogP contribution in [0, 0.1) is 6.92 Å². The monoisotopic (exact) mass is 255 g/mol. The zero-order chi connectivity index (χ0) is 14.0. The van der Waals surface area contributed by atoms with Gasteiger partial charge in [0.2, 0.25) is 0 Å². The molecule has 2 aromatic rings. The van der Waals surface area contributed by atoms with Crippen molar-refractivity contribution in [2.24, 2.45) is 5.73 Å². The van der Waals surface area contributed by atoms with Crippen molar-refractivity contribution in [3.63, 3.8) is 0 Å². The first-order valence-corrected chi connectivity index (χ1v) is 6.54. The van der Waals surface area contributed by atoms with E-state index in [0.29, 0.717) is 6.54 Å². The summed E-state index contributed by atoms with van der Waals surface area (Å²) in [5.74, 6) is 0. The van der Waals surface area contributed by atoms with Gasteiger partial charge in [0.15, 0.2) is 0 Å². The first-order valence-electron chi connectivity index (χ1n) is 6.54. The van der Waals surface area contributed by atoms with E-state index in [-0.39, 0.29) is 5.41 Å². The summed E-state index contributed by atoms with van der Waals surface area (Å²) in [5, 5.41) is 0. The molecule has 0 aliphatic heterocycles. The largest absolute Gasteiger partial charge is 0.325 e. The lowest BCUT2D eigenvalue weighted by atomic mass is 9.85. The highest BCUT2D eigenvalue weighted by atomic mass is 14.8. The third-order valence-electron chi connectivity index (χ3n) is 3.31. The van der Waals surface area contributed by atoms with Crippen molar-refractivity contribution in [2.45, 2.75) is 39.7 Å². The quantitative estimate of drug-likeness (QED) is 0.896. The van der Waals surface area contributed by atoms with Gasteiger partial charge in [0.1, 0.15) is 6.33 Å². The number of aromatic nitrogens is 2. The molecule has 1 aromatic heterocycles. The third kappa shape index (κ3) is 2.99. The van der Waals surface area contributed by atoms with Crippen molar-refractivity contribution in [3.05, 3.63) is 47.4 Å². The minimum atomic E-state index is 0.131. The molecule has 0 aliphatic carbocycles. The number of hydrogen-bond acceptors (Lipinski definition) is 3. The lowest BCUT2D eigenvalue weighted by Crippen LogP contribution is -2.11. The minimum absolute atomic E-state index is 0.131. The Bertz CT molecular complexity index is 583. The van der Waals surface area contributed by atoms with Crippen LogP contribution < -0.4 is 5.73 Å². The third-order valence-corrected chi connectivity index (χ3v) is 3.31. The van der Waals surface area contributed by atoms with Gasteiger partial charge >= 0.3 is 0 Å². The molecule has 0 aliphatic rings. The van der Waals surface area contributed by atoms with E-state index >= 15 is 0 Å². The standard InChI is InChI=1S/C16H21N3/c1-11-5-6-12(16(2,3)4)7-14(11)15-8-13(9-17)18-10-19-15/h5-8,10H,9,17H2,1-4H3. The zero-order valence-electron chi connectivity index (χ0n) is 12.1. The van der Waals surface area contributed by atoms with Crippen molar-refractivity contribution in [2.75, 3.05) is 0 Å². The number of nitrogens with two attached hydrogens (primary N) is 1. The van der Waals surface area contributed by atoms with Crippen LogP contribution in [0.5, 0.6) is 0 Å². The van der Waals surface area contributed by atoms with E-state index in [9.17, 15) is 0 Å². The fourth-order valence-electron chi connectivity index (χ4n) is 2.02. The fourth-order valence-corrected chi connectivity index (χ4v) is 2.02. The Labute approximate surface area is 114 Å². The molecule has 2 N–H and O–H groups in total. The van der Waals surface area contributed by atoms with Crippen LogP contribution in [0.3, 0.4) is 0 Å². The molecule has 0 radical (unpaired) electrons. The number of benzene rings is 1. The summed E-state index contributed by atoms with van der Waals surface area (Å²) in [6, 6.07) is 8.52. The highest BCUT2D eigenvalue weighted by Crippen LogP contribution is 2.29. The van der Waals surface area contributed by atoms with Crippen molar-refractivity contribution in [1.29, 1.82) is 0 Å². The maximum absolute atomic E-state index is 5.64. The highest BCUT2D eigenvalue weighted by molar-refractivity contribution is 5.65. The molecule has 0 unspecified atom stereocenters. The number of aryl methyl sites for hydroxylation is 1. The predicted molar refractivity (Wildman–Crippen MR) is 78.8 cm³/mol. The van der Waals surface area contributed by atoms with Gasteiger partial charge in [-0.3, -0.25) is 0 Å². The van der Waals surface area contributed by atoms with Crippen LogP contribution in [0.2, 0.25) is 0 Å². The normalized spacial score (nSPS) is 11.6. The molecule has 2 rings (SSSR count). The molecule has 0 atom stereocenters. The molecular weight excluding hydrogens is 234 g/mol. The molecule has 0 spiro atoms. The Balaban J connectivity index is 2.54. The lowest BCUT2D eigenvalue weighted by Gasteiger charge is -2.20. The van der Waals surface area contributed by atoms with E-state index in [1.807, 2.05) is 6.07 Å². The van der Waals surface area contributed by atoms with E-state index in [2.05, 4.69) is 55.9 Å².